The molecule has 0 aliphatic heterocycles. The zero-order valence-electron chi connectivity index (χ0n) is 16.0. The first-order valence-corrected chi connectivity index (χ1v) is 11.1. The summed E-state index contributed by atoms with van der Waals surface area (Å²) in [4.78, 5) is 12.7. The van der Waals surface area contributed by atoms with Crippen LogP contribution in [0.1, 0.15) is 31.9 Å². The Bertz CT molecular complexity index is 920. The van der Waals surface area contributed by atoms with Crippen LogP contribution in [-0.2, 0) is 14.8 Å². The number of sulfonamides is 1. The van der Waals surface area contributed by atoms with Crippen LogP contribution in [0.5, 0.6) is 0 Å². The molecule has 0 heterocycles. The van der Waals surface area contributed by atoms with E-state index in [0.29, 0.717) is 12.3 Å². The number of carbonyl (C=O) groups is 1. The summed E-state index contributed by atoms with van der Waals surface area (Å²) < 4.78 is 38.7. The normalized spacial score (nSPS) is 12.6. The Kier molecular flexibility index (Phi) is 7.43. The van der Waals surface area contributed by atoms with E-state index in [1.54, 1.807) is 0 Å². The molecular formula is C20H24ClFN2O3S. The van der Waals surface area contributed by atoms with Crippen LogP contribution in [0.3, 0.4) is 0 Å². The fourth-order valence-electron chi connectivity index (χ4n) is 2.85. The monoisotopic (exact) mass is 426 g/mol. The van der Waals surface area contributed by atoms with Crippen molar-refractivity contribution in [2.75, 3.05) is 17.1 Å². The third kappa shape index (κ3) is 6.21. The lowest BCUT2D eigenvalue weighted by Gasteiger charge is -2.25. The lowest BCUT2D eigenvalue weighted by Crippen LogP contribution is -2.41. The first-order chi connectivity index (χ1) is 13.1. The highest BCUT2D eigenvalue weighted by atomic mass is 35.5. The number of hydrogen-bond acceptors (Lipinski definition) is 3. The maximum absolute atomic E-state index is 13.4. The predicted molar refractivity (Wildman–Crippen MR) is 110 cm³/mol. The van der Waals surface area contributed by atoms with E-state index < -0.39 is 28.3 Å². The minimum atomic E-state index is -3.77. The maximum Gasteiger partial charge on any atom is 0.241 e. The molecule has 0 unspecified atom stereocenters. The summed E-state index contributed by atoms with van der Waals surface area (Å²) in [6.45, 7) is 3.67. The number of rotatable bonds is 8. The minimum Gasteiger partial charge on any atom is -0.348 e. The van der Waals surface area contributed by atoms with Crippen molar-refractivity contribution in [3.05, 3.63) is 64.9 Å². The highest BCUT2D eigenvalue weighted by Gasteiger charge is 2.24. The van der Waals surface area contributed by atoms with E-state index in [2.05, 4.69) is 5.32 Å². The van der Waals surface area contributed by atoms with Crippen LogP contribution < -0.4 is 9.62 Å². The van der Waals surface area contributed by atoms with Crippen LogP contribution in [0.25, 0.3) is 0 Å². The van der Waals surface area contributed by atoms with Gasteiger partial charge in [0.1, 0.15) is 12.4 Å². The van der Waals surface area contributed by atoms with Gasteiger partial charge in [-0.15, -0.1) is 0 Å². The smallest absolute Gasteiger partial charge is 0.241 e. The largest absolute Gasteiger partial charge is 0.348 e. The summed E-state index contributed by atoms with van der Waals surface area (Å²) in [5, 5.41) is 2.70. The number of benzene rings is 2. The molecule has 2 rings (SSSR count). The van der Waals surface area contributed by atoms with Gasteiger partial charge >= 0.3 is 0 Å². The maximum atomic E-state index is 13.4. The summed E-state index contributed by atoms with van der Waals surface area (Å²) in [5.74, 6) is -0.794. The molecule has 0 aliphatic rings. The summed E-state index contributed by atoms with van der Waals surface area (Å²) in [7, 11) is -3.77. The Labute approximate surface area is 170 Å². The topological polar surface area (TPSA) is 66.5 Å². The van der Waals surface area contributed by atoms with E-state index in [9.17, 15) is 17.6 Å². The third-order valence-electron chi connectivity index (χ3n) is 4.12. The number of anilines is 1. The van der Waals surface area contributed by atoms with Gasteiger partial charge in [0.15, 0.2) is 0 Å². The van der Waals surface area contributed by atoms with Crippen molar-refractivity contribution in [1.82, 2.24) is 5.32 Å². The molecule has 1 N–H and O–H groups in total. The molecule has 5 nitrogen and oxygen atoms in total. The van der Waals surface area contributed by atoms with Crippen LogP contribution in [0.15, 0.2) is 48.5 Å². The Hall–Kier alpha value is -2.12. The lowest BCUT2D eigenvalue weighted by atomic mass is 9.97. The molecule has 0 radical (unpaired) electrons. The van der Waals surface area contributed by atoms with Crippen molar-refractivity contribution in [2.45, 2.75) is 26.3 Å². The van der Waals surface area contributed by atoms with E-state index >= 15 is 0 Å². The second kappa shape index (κ2) is 9.39. The fourth-order valence-corrected chi connectivity index (χ4v) is 3.87. The Morgan fingerprint density at radius 1 is 1.18 bits per heavy atom. The van der Waals surface area contributed by atoms with Gasteiger partial charge in [-0.2, -0.15) is 0 Å². The van der Waals surface area contributed by atoms with E-state index in [4.69, 9.17) is 11.6 Å². The molecular weight excluding hydrogens is 403 g/mol. The van der Waals surface area contributed by atoms with E-state index in [-0.39, 0.29) is 16.8 Å². The van der Waals surface area contributed by atoms with Crippen molar-refractivity contribution < 1.29 is 17.6 Å². The first kappa shape index (κ1) is 22.2. The van der Waals surface area contributed by atoms with Crippen LogP contribution in [0, 0.1) is 11.7 Å². The number of nitrogens with zero attached hydrogens (tertiary/aromatic N) is 1. The van der Waals surface area contributed by atoms with Crippen molar-refractivity contribution in [1.29, 1.82) is 0 Å². The van der Waals surface area contributed by atoms with Gasteiger partial charge in [0.05, 0.1) is 23.0 Å². The highest BCUT2D eigenvalue weighted by molar-refractivity contribution is 7.92. The Morgan fingerprint density at radius 3 is 2.36 bits per heavy atom. The van der Waals surface area contributed by atoms with Gasteiger partial charge in [0.25, 0.3) is 0 Å². The summed E-state index contributed by atoms with van der Waals surface area (Å²) in [5.41, 5.74) is 1.07. The van der Waals surface area contributed by atoms with Crippen molar-refractivity contribution in [3.63, 3.8) is 0 Å². The van der Waals surface area contributed by atoms with Crippen molar-refractivity contribution in [3.8, 4) is 0 Å². The SMILES string of the molecule is CC(C)C[C@@H](NC(=O)CN(c1ccc(F)c(Cl)c1)S(C)(=O)=O)c1ccccc1. The Balaban J connectivity index is 2.23. The molecule has 1 amide bonds. The summed E-state index contributed by atoms with van der Waals surface area (Å²) in [6.07, 6.45) is 1.69. The second-order valence-electron chi connectivity index (χ2n) is 7.03. The van der Waals surface area contributed by atoms with Gasteiger partial charge in [-0.25, -0.2) is 12.8 Å². The molecule has 0 aliphatic carbocycles. The van der Waals surface area contributed by atoms with E-state index in [1.807, 2.05) is 44.2 Å². The standard InChI is InChI=1S/C20H24ClFN2O3S/c1-14(2)11-19(15-7-5-4-6-8-15)23-20(25)13-24(28(3,26)27)16-9-10-18(22)17(21)12-16/h4-10,12,14,19H,11,13H2,1-3H3,(H,23,25)/t19-/m1/s1. The Morgan fingerprint density at radius 2 is 1.82 bits per heavy atom. The number of hydrogen-bond donors (Lipinski definition) is 1. The molecule has 0 fully saturated rings. The van der Waals surface area contributed by atoms with E-state index in [0.717, 1.165) is 22.2 Å². The number of nitrogens with one attached hydrogen (secondary N) is 1. The van der Waals surface area contributed by atoms with Gasteiger partial charge in [0, 0.05) is 0 Å². The molecule has 28 heavy (non-hydrogen) atoms. The highest BCUT2D eigenvalue weighted by Crippen LogP contribution is 2.25. The van der Waals surface area contributed by atoms with Crippen LogP contribution in [0.4, 0.5) is 10.1 Å². The van der Waals surface area contributed by atoms with Crippen LogP contribution >= 0.6 is 11.6 Å². The molecule has 0 spiro atoms. The average Bonchev–Trinajstić information content (AvgIpc) is 2.61. The molecule has 0 saturated heterocycles. The number of amides is 1. The zero-order chi connectivity index (χ0) is 20.9. The van der Waals surface area contributed by atoms with Crippen LogP contribution in [-0.4, -0.2) is 27.1 Å². The van der Waals surface area contributed by atoms with E-state index in [1.165, 1.54) is 12.1 Å². The van der Waals surface area contributed by atoms with Gasteiger partial charge in [-0.05, 0) is 36.1 Å². The zero-order valence-corrected chi connectivity index (χ0v) is 17.6. The number of halogens is 2. The van der Waals surface area contributed by atoms with Crippen LogP contribution in [0.2, 0.25) is 5.02 Å². The molecule has 2 aromatic rings. The molecule has 0 saturated carbocycles. The molecule has 0 aromatic heterocycles. The first-order valence-electron chi connectivity index (χ1n) is 8.85. The lowest BCUT2D eigenvalue weighted by molar-refractivity contribution is -0.120. The van der Waals surface area contributed by atoms with Crippen molar-refractivity contribution in [2.24, 2.45) is 5.92 Å². The molecule has 8 heteroatoms. The van der Waals surface area contributed by atoms with Crippen molar-refractivity contribution >= 4 is 33.2 Å². The quantitative estimate of drug-likeness (QED) is 0.689. The second-order valence-corrected chi connectivity index (χ2v) is 9.34. The minimum absolute atomic E-state index is 0.129. The molecule has 152 valence electrons. The summed E-state index contributed by atoms with van der Waals surface area (Å²) in [6, 6.07) is 12.8. The summed E-state index contributed by atoms with van der Waals surface area (Å²) >= 11 is 5.77. The molecule has 0 bridgehead atoms. The fraction of sp³-hybridized carbons (Fsp3) is 0.350. The molecule has 2 aromatic carbocycles. The predicted octanol–water partition coefficient (Wildman–Crippen LogP) is 4.15. The van der Waals surface area contributed by atoms with Gasteiger partial charge in [0.2, 0.25) is 15.9 Å². The third-order valence-corrected chi connectivity index (χ3v) is 5.55. The average molecular weight is 427 g/mol. The number of carbonyl (C=O) groups excluding carboxylic acids is 1. The van der Waals surface area contributed by atoms with Gasteiger partial charge in [-0.1, -0.05) is 55.8 Å². The van der Waals surface area contributed by atoms with Gasteiger partial charge in [-0.3, -0.25) is 9.10 Å². The molecule has 1 atom stereocenters. The van der Waals surface area contributed by atoms with Gasteiger partial charge < -0.3 is 5.32 Å².